The van der Waals surface area contributed by atoms with Crippen molar-refractivity contribution in [1.29, 1.82) is 0 Å². The zero-order valence-corrected chi connectivity index (χ0v) is 12.8. The van der Waals surface area contributed by atoms with Crippen LogP contribution in [0.5, 0.6) is 0 Å². The Kier molecular flexibility index (Phi) is 5.07. The summed E-state index contributed by atoms with van der Waals surface area (Å²) < 4.78 is 110. The van der Waals surface area contributed by atoms with Gasteiger partial charge in [-0.05, 0) is 24.3 Å². The number of hydrogen-bond acceptors (Lipinski definition) is 2. The van der Waals surface area contributed by atoms with Crippen LogP contribution < -0.4 is 10.6 Å². The summed E-state index contributed by atoms with van der Waals surface area (Å²) in [7, 11) is 0. The van der Waals surface area contributed by atoms with E-state index < -0.39 is 35.3 Å². The molecule has 0 aliphatic rings. The first-order valence-corrected chi connectivity index (χ1v) is 7.08. The van der Waals surface area contributed by atoms with E-state index in [1.54, 1.807) is 0 Å². The minimum absolute atomic E-state index is 0.646. The van der Waals surface area contributed by atoms with Gasteiger partial charge in [-0.25, -0.2) is 0 Å². The van der Waals surface area contributed by atoms with E-state index in [0.717, 1.165) is 34.9 Å². The Bertz CT molecular complexity index is 656. The summed E-state index contributed by atoms with van der Waals surface area (Å²) in [5.74, 6) is -12.9. The molecule has 0 aliphatic carbocycles. The quantitative estimate of drug-likeness (QED) is 0.475. The van der Waals surface area contributed by atoms with Gasteiger partial charge in [0.15, 0.2) is 0 Å². The second-order valence-corrected chi connectivity index (χ2v) is 5.28. The molecule has 0 aliphatic heterocycles. The fraction of sp³-hybridized carbons (Fsp3) is 0.250. The zero-order chi connectivity index (χ0) is 19.6. The number of rotatable bonds is 7. The molecular weight excluding hydrogens is 372 g/mol. The van der Waals surface area contributed by atoms with Crippen molar-refractivity contribution in [2.24, 2.45) is 0 Å². The van der Waals surface area contributed by atoms with E-state index in [1.165, 1.54) is 36.4 Å². The molecule has 2 nitrogen and oxygen atoms in total. The molecule has 0 fully saturated rings. The van der Waals surface area contributed by atoms with E-state index >= 15 is 0 Å². The van der Waals surface area contributed by atoms with E-state index in [0.29, 0.717) is 0 Å². The Morgan fingerprint density at radius 3 is 1.00 bits per heavy atom. The fourth-order valence-electron chi connectivity index (χ4n) is 1.96. The topological polar surface area (TPSA) is 24.1 Å². The SMILES string of the molecule is FC(F)(Nc1ccccc1)C(F)(F)C(F)(F)C(F)(F)Nc1ccccc1. The Labute approximate surface area is 142 Å². The number of halogens is 8. The van der Waals surface area contributed by atoms with Crippen LogP contribution in [0.15, 0.2) is 60.7 Å². The molecular formula is C16H12F8N2. The minimum atomic E-state index is -6.43. The molecule has 0 amide bonds. The van der Waals surface area contributed by atoms with E-state index in [9.17, 15) is 35.1 Å². The highest BCUT2D eigenvalue weighted by Gasteiger charge is 2.81. The van der Waals surface area contributed by atoms with Gasteiger partial charge in [0.25, 0.3) is 0 Å². The summed E-state index contributed by atoms with van der Waals surface area (Å²) in [5, 5.41) is 1.75. The van der Waals surface area contributed by atoms with E-state index in [2.05, 4.69) is 0 Å². The molecule has 2 aromatic carbocycles. The van der Waals surface area contributed by atoms with Crippen LogP contribution in [0.4, 0.5) is 46.5 Å². The molecule has 2 aromatic rings. The lowest BCUT2D eigenvalue weighted by molar-refractivity contribution is -0.353. The van der Waals surface area contributed by atoms with Crippen LogP contribution in [-0.2, 0) is 0 Å². The molecule has 10 heteroatoms. The van der Waals surface area contributed by atoms with Gasteiger partial charge in [0.2, 0.25) is 0 Å². The summed E-state index contributed by atoms with van der Waals surface area (Å²) in [6.07, 6.45) is 0. The maximum absolute atomic E-state index is 13.8. The van der Waals surface area contributed by atoms with Gasteiger partial charge in [-0.3, -0.25) is 0 Å². The van der Waals surface area contributed by atoms with Crippen LogP contribution in [0.25, 0.3) is 0 Å². The molecule has 0 radical (unpaired) electrons. The molecule has 26 heavy (non-hydrogen) atoms. The molecule has 2 N–H and O–H groups in total. The molecule has 0 heterocycles. The predicted molar refractivity (Wildman–Crippen MR) is 79.9 cm³/mol. The monoisotopic (exact) mass is 384 g/mol. The van der Waals surface area contributed by atoms with Gasteiger partial charge in [0, 0.05) is 11.4 Å². The van der Waals surface area contributed by atoms with E-state index in [1.807, 2.05) is 0 Å². The summed E-state index contributed by atoms with van der Waals surface area (Å²) >= 11 is 0. The highest BCUT2D eigenvalue weighted by Crippen LogP contribution is 2.52. The molecule has 0 saturated carbocycles. The average molecular weight is 384 g/mol. The first-order valence-electron chi connectivity index (χ1n) is 7.08. The van der Waals surface area contributed by atoms with Crippen LogP contribution in [-0.4, -0.2) is 23.9 Å². The van der Waals surface area contributed by atoms with Crippen LogP contribution in [0, 0.1) is 0 Å². The third kappa shape index (κ3) is 3.54. The predicted octanol–water partition coefficient (Wildman–Crippen LogP) is 5.67. The Balaban J connectivity index is 2.31. The second-order valence-electron chi connectivity index (χ2n) is 5.28. The van der Waals surface area contributed by atoms with Crippen LogP contribution in [0.1, 0.15) is 0 Å². The normalized spacial score (nSPS) is 13.4. The Morgan fingerprint density at radius 1 is 0.462 bits per heavy atom. The summed E-state index contributed by atoms with van der Waals surface area (Å²) in [6.45, 7) is 0. The minimum Gasteiger partial charge on any atom is -0.322 e. The third-order valence-electron chi connectivity index (χ3n) is 3.33. The molecule has 2 rings (SSSR count). The van der Waals surface area contributed by atoms with Crippen molar-refractivity contribution in [3.63, 3.8) is 0 Å². The van der Waals surface area contributed by atoms with E-state index in [-0.39, 0.29) is 0 Å². The van der Waals surface area contributed by atoms with Crippen molar-refractivity contribution in [2.75, 3.05) is 10.6 Å². The van der Waals surface area contributed by atoms with Crippen LogP contribution in [0.3, 0.4) is 0 Å². The smallest absolute Gasteiger partial charge is 0.322 e. The van der Waals surface area contributed by atoms with Crippen LogP contribution >= 0.6 is 0 Å². The summed E-state index contributed by atoms with van der Waals surface area (Å²) in [4.78, 5) is 0. The lowest BCUT2D eigenvalue weighted by Crippen LogP contribution is -2.66. The Hall–Kier alpha value is -2.52. The lowest BCUT2D eigenvalue weighted by atomic mass is 10.1. The van der Waals surface area contributed by atoms with Gasteiger partial charge in [0.1, 0.15) is 0 Å². The van der Waals surface area contributed by atoms with Crippen molar-refractivity contribution in [1.82, 2.24) is 0 Å². The Morgan fingerprint density at radius 2 is 0.731 bits per heavy atom. The highest BCUT2D eigenvalue weighted by molar-refractivity contribution is 5.46. The maximum atomic E-state index is 13.8. The fourth-order valence-corrected chi connectivity index (χ4v) is 1.96. The van der Waals surface area contributed by atoms with Crippen molar-refractivity contribution in [3.8, 4) is 0 Å². The van der Waals surface area contributed by atoms with Gasteiger partial charge in [-0.15, -0.1) is 0 Å². The number of para-hydroxylation sites is 2. The molecule has 0 atom stereocenters. The molecule has 0 aromatic heterocycles. The first-order chi connectivity index (χ1) is 11.9. The number of nitrogens with one attached hydrogen (secondary N) is 2. The number of hydrogen-bond donors (Lipinski definition) is 2. The summed E-state index contributed by atoms with van der Waals surface area (Å²) in [6, 6.07) is -0.391. The molecule has 0 spiro atoms. The van der Waals surface area contributed by atoms with Crippen LogP contribution in [0.2, 0.25) is 0 Å². The number of alkyl halides is 8. The molecule has 0 unspecified atom stereocenters. The molecule has 0 bridgehead atoms. The first kappa shape index (κ1) is 19.8. The standard InChI is InChI=1S/C16H12F8N2/c17-13(18,15(21,22)25-11-7-3-1-4-8-11)14(19,20)16(23,24)26-12-9-5-2-6-10-12/h1-10,25-26H. The van der Waals surface area contributed by atoms with Gasteiger partial charge >= 0.3 is 23.9 Å². The maximum Gasteiger partial charge on any atom is 0.400 e. The number of anilines is 2. The van der Waals surface area contributed by atoms with E-state index in [4.69, 9.17) is 0 Å². The van der Waals surface area contributed by atoms with Crippen molar-refractivity contribution in [3.05, 3.63) is 60.7 Å². The summed E-state index contributed by atoms with van der Waals surface area (Å²) in [5.41, 5.74) is -1.29. The van der Waals surface area contributed by atoms with Gasteiger partial charge < -0.3 is 10.6 Å². The number of benzene rings is 2. The highest BCUT2D eigenvalue weighted by atomic mass is 19.4. The van der Waals surface area contributed by atoms with Gasteiger partial charge in [-0.2, -0.15) is 35.1 Å². The van der Waals surface area contributed by atoms with Gasteiger partial charge in [-0.1, -0.05) is 36.4 Å². The lowest BCUT2D eigenvalue weighted by Gasteiger charge is -2.37. The second kappa shape index (κ2) is 6.65. The van der Waals surface area contributed by atoms with Crippen molar-refractivity contribution >= 4 is 11.4 Å². The molecule has 142 valence electrons. The third-order valence-corrected chi connectivity index (χ3v) is 3.33. The molecule has 0 saturated heterocycles. The van der Waals surface area contributed by atoms with Crippen molar-refractivity contribution < 1.29 is 35.1 Å². The largest absolute Gasteiger partial charge is 0.400 e. The van der Waals surface area contributed by atoms with Crippen molar-refractivity contribution in [2.45, 2.75) is 23.9 Å². The zero-order valence-electron chi connectivity index (χ0n) is 12.8. The van der Waals surface area contributed by atoms with Gasteiger partial charge in [0.05, 0.1) is 0 Å². The average Bonchev–Trinajstić information content (AvgIpc) is 2.55.